The molecule has 0 atom stereocenters. The van der Waals surface area contributed by atoms with Crippen LogP contribution in [0.15, 0.2) is 48.5 Å². The van der Waals surface area contributed by atoms with Crippen molar-refractivity contribution in [1.29, 1.82) is 0 Å². The molecule has 0 saturated heterocycles. The molecule has 4 rings (SSSR count). The Labute approximate surface area is 203 Å². The first-order valence-electron chi connectivity index (χ1n) is 9.72. The second-order valence-corrected chi connectivity index (χ2v) is 7.44. The van der Waals surface area contributed by atoms with Gasteiger partial charge in [0.15, 0.2) is 0 Å². The van der Waals surface area contributed by atoms with Crippen LogP contribution in [0.5, 0.6) is 0 Å². The number of nitrogen functional groups attached to an aromatic ring is 2. The molecule has 2 amide bonds. The number of carbonyl (C=O) groups is 2. The number of hydrogen-bond donors (Lipinski definition) is 4. The first-order chi connectivity index (χ1) is 14.8. The monoisotopic (exact) mass is 486 g/mol. The van der Waals surface area contributed by atoms with Gasteiger partial charge in [-0.2, -0.15) is 0 Å². The lowest BCUT2D eigenvalue weighted by Crippen LogP contribution is -2.21. The number of rotatable bonds is 4. The number of nitrogens with zero attached hydrogens (tertiary/aromatic N) is 2. The Morgan fingerprint density at radius 2 is 1.12 bits per heavy atom. The Kier molecular flexibility index (Phi) is 8.03. The zero-order valence-electron chi connectivity index (χ0n) is 18.0. The third-order valence-electron chi connectivity index (χ3n) is 4.83. The van der Waals surface area contributed by atoms with E-state index in [-0.39, 0.29) is 31.2 Å². The molecule has 33 heavy (non-hydrogen) atoms. The summed E-state index contributed by atoms with van der Waals surface area (Å²) in [5.74, 6) is -0.874. The number of aryl methyl sites for hydroxylation is 2. The summed E-state index contributed by atoms with van der Waals surface area (Å²) in [6, 6.07) is 14.1. The van der Waals surface area contributed by atoms with Crippen LogP contribution in [0, 0.1) is 13.8 Å². The molecule has 2 heterocycles. The molecule has 0 aliphatic heterocycles. The van der Waals surface area contributed by atoms with Crippen LogP contribution in [0.25, 0.3) is 21.8 Å². The summed E-state index contributed by atoms with van der Waals surface area (Å²) in [6.45, 7) is 3.73. The number of hydrogen-bond acceptors (Lipinski definition) is 6. The molecule has 0 saturated carbocycles. The van der Waals surface area contributed by atoms with E-state index >= 15 is 0 Å². The van der Waals surface area contributed by atoms with Gasteiger partial charge in [0.05, 0.1) is 11.0 Å². The lowest BCUT2D eigenvalue weighted by atomic mass is 10.1. The van der Waals surface area contributed by atoms with Gasteiger partial charge in [0.25, 0.3) is 0 Å². The normalized spacial score (nSPS) is 10.2. The van der Waals surface area contributed by atoms with Crippen molar-refractivity contribution in [1.82, 2.24) is 9.97 Å². The van der Waals surface area contributed by atoms with Crippen LogP contribution < -0.4 is 22.1 Å². The quantitative estimate of drug-likeness (QED) is 0.316. The Morgan fingerprint density at radius 3 is 1.52 bits per heavy atom. The van der Waals surface area contributed by atoms with Gasteiger partial charge in [-0.15, -0.1) is 24.8 Å². The van der Waals surface area contributed by atoms with E-state index in [0.717, 1.165) is 33.2 Å². The molecule has 6 N–H and O–H groups in total. The van der Waals surface area contributed by atoms with E-state index in [1.165, 1.54) is 0 Å². The smallest absolute Gasteiger partial charge is 0.233 e. The van der Waals surface area contributed by atoms with Crippen molar-refractivity contribution in [2.24, 2.45) is 0 Å². The lowest BCUT2D eigenvalue weighted by Gasteiger charge is -2.10. The van der Waals surface area contributed by atoms with Crippen LogP contribution in [-0.4, -0.2) is 21.8 Å². The zero-order valence-corrected chi connectivity index (χ0v) is 19.6. The molecule has 0 fully saturated rings. The van der Waals surface area contributed by atoms with Crippen molar-refractivity contribution in [2.45, 2.75) is 20.3 Å². The van der Waals surface area contributed by atoms with E-state index < -0.39 is 11.8 Å². The van der Waals surface area contributed by atoms with Crippen LogP contribution in [0.4, 0.5) is 22.7 Å². The number of carbonyl (C=O) groups excluding carboxylic acids is 2. The molecule has 172 valence electrons. The number of amides is 2. The Balaban J connectivity index is 0.00000193. The van der Waals surface area contributed by atoms with Gasteiger partial charge >= 0.3 is 0 Å². The lowest BCUT2D eigenvalue weighted by molar-refractivity contribution is -0.123. The third-order valence-corrected chi connectivity index (χ3v) is 4.83. The topological polar surface area (TPSA) is 136 Å². The maximum atomic E-state index is 12.3. The molecule has 8 nitrogen and oxygen atoms in total. The average Bonchev–Trinajstić information content (AvgIpc) is 2.68. The fourth-order valence-corrected chi connectivity index (χ4v) is 3.49. The summed E-state index contributed by atoms with van der Waals surface area (Å²) < 4.78 is 0. The average molecular weight is 487 g/mol. The minimum absolute atomic E-state index is 0. The SMILES string of the molecule is Cc1cc(N)c2cc(NC(=O)CC(=O)Nc3ccc4nc(C)cc(N)c4c3)ccc2n1.Cl.Cl. The maximum Gasteiger partial charge on any atom is 0.233 e. The molecule has 10 heteroatoms. The molecule has 0 bridgehead atoms. The predicted molar refractivity (Wildman–Crippen MR) is 138 cm³/mol. The number of fused-ring (bicyclic) bond motifs is 2. The summed E-state index contributed by atoms with van der Waals surface area (Å²) in [5.41, 5.74) is 17.5. The van der Waals surface area contributed by atoms with Gasteiger partial charge in [0, 0.05) is 44.9 Å². The zero-order chi connectivity index (χ0) is 22.1. The fraction of sp³-hybridized carbons (Fsp3) is 0.130. The van der Waals surface area contributed by atoms with E-state index in [1.54, 1.807) is 48.5 Å². The molecule has 2 aromatic carbocycles. The molecule has 4 aromatic rings. The first-order valence-corrected chi connectivity index (χ1v) is 9.72. The van der Waals surface area contributed by atoms with Crippen molar-refractivity contribution in [3.63, 3.8) is 0 Å². The number of benzene rings is 2. The van der Waals surface area contributed by atoms with Crippen LogP contribution in [-0.2, 0) is 9.59 Å². The highest BCUT2D eigenvalue weighted by molar-refractivity contribution is 6.09. The van der Waals surface area contributed by atoms with Crippen LogP contribution >= 0.6 is 24.8 Å². The van der Waals surface area contributed by atoms with E-state index in [1.807, 2.05) is 13.8 Å². The Hall–Kier alpha value is -3.62. The van der Waals surface area contributed by atoms with Crippen molar-refractivity contribution >= 4 is 81.2 Å². The summed E-state index contributed by atoms with van der Waals surface area (Å²) in [4.78, 5) is 33.5. The summed E-state index contributed by atoms with van der Waals surface area (Å²) in [7, 11) is 0. The first kappa shape index (κ1) is 25.6. The summed E-state index contributed by atoms with van der Waals surface area (Å²) >= 11 is 0. The van der Waals surface area contributed by atoms with Crippen LogP contribution in [0.1, 0.15) is 17.8 Å². The molecule has 0 aliphatic rings. The van der Waals surface area contributed by atoms with Gasteiger partial charge < -0.3 is 22.1 Å². The maximum absolute atomic E-state index is 12.3. The Bertz CT molecular complexity index is 1260. The number of nitrogens with two attached hydrogens (primary N) is 2. The predicted octanol–water partition coefficient (Wildman–Crippen LogP) is 4.38. The van der Waals surface area contributed by atoms with E-state index in [2.05, 4.69) is 20.6 Å². The van der Waals surface area contributed by atoms with Crippen molar-refractivity contribution in [3.8, 4) is 0 Å². The number of nitrogens with one attached hydrogen (secondary N) is 2. The van der Waals surface area contributed by atoms with Crippen molar-refractivity contribution < 1.29 is 9.59 Å². The highest BCUT2D eigenvalue weighted by Gasteiger charge is 2.12. The van der Waals surface area contributed by atoms with Gasteiger partial charge in [-0.3, -0.25) is 19.6 Å². The molecular weight excluding hydrogens is 463 g/mol. The molecule has 0 unspecified atom stereocenters. The number of halogens is 2. The third kappa shape index (κ3) is 5.79. The highest BCUT2D eigenvalue weighted by atomic mass is 35.5. The van der Waals surface area contributed by atoms with Crippen molar-refractivity contribution in [2.75, 3.05) is 22.1 Å². The van der Waals surface area contributed by atoms with Gasteiger partial charge in [0.2, 0.25) is 11.8 Å². The second-order valence-electron chi connectivity index (χ2n) is 7.44. The van der Waals surface area contributed by atoms with E-state index in [4.69, 9.17) is 11.5 Å². The second kappa shape index (κ2) is 10.3. The highest BCUT2D eigenvalue weighted by Crippen LogP contribution is 2.25. The minimum atomic E-state index is -0.437. The summed E-state index contributed by atoms with van der Waals surface area (Å²) in [6.07, 6.45) is -0.334. The van der Waals surface area contributed by atoms with Gasteiger partial charge in [0.1, 0.15) is 6.42 Å². The Morgan fingerprint density at radius 1 is 0.727 bits per heavy atom. The fourth-order valence-electron chi connectivity index (χ4n) is 3.49. The summed E-state index contributed by atoms with van der Waals surface area (Å²) in [5, 5.41) is 6.93. The molecular formula is C23H24Cl2N6O2. The number of pyridine rings is 2. The van der Waals surface area contributed by atoms with E-state index in [9.17, 15) is 9.59 Å². The van der Waals surface area contributed by atoms with E-state index in [0.29, 0.717) is 22.7 Å². The molecule has 2 aromatic heterocycles. The standard InChI is InChI=1S/C23H22N6O2.2ClH/c1-12-7-18(24)16-9-14(3-5-20(16)26-12)28-22(30)11-23(31)29-15-4-6-21-17(10-15)19(25)8-13(2)27-21;;/h3-10H,11H2,1-2H3,(H2,24,26)(H2,25,27)(H,28,30)(H,29,31);2*1H. The van der Waals surface area contributed by atoms with Crippen LogP contribution in [0.2, 0.25) is 0 Å². The van der Waals surface area contributed by atoms with Gasteiger partial charge in [-0.25, -0.2) is 0 Å². The van der Waals surface area contributed by atoms with Crippen molar-refractivity contribution in [3.05, 3.63) is 59.9 Å². The van der Waals surface area contributed by atoms with Crippen LogP contribution in [0.3, 0.4) is 0 Å². The molecule has 0 aliphatic carbocycles. The van der Waals surface area contributed by atoms with Gasteiger partial charge in [-0.05, 0) is 62.4 Å². The number of aromatic nitrogens is 2. The molecule has 0 radical (unpaired) electrons. The van der Waals surface area contributed by atoms with Gasteiger partial charge in [-0.1, -0.05) is 0 Å². The largest absolute Gasteiger partial charge is 0.398 e. The number of anilines is 4. The minimum Gasteiger partial charge on any atom is -0.398 e. The molecule has 0 spiro atoms.